The van der Waals surface area contributed by atoms with Crippen molar-refractivity contribution in [3.63, 3.8) is 0 Å². The molecule has 3 rings (SSSR count). The SMILES string of the molecule is Cc1ccccc1N1C(=O)/C(=C/c2ccc(I)cc2)SC1=S. The molecule has 1 fully saturated rings. The number of hydrogen-bond acceptors (Lipinski definition) is 3. The highest BCUT2D eigenvalue weighted by Crippen LogP contribution is 2.37. The van der Waals surface area contributed by atoms with Crippen LogP contribution in [0, 0.1) is 10.5 Å². The number of halogens is 1. The van der Waals surface area contributed by atoms with Gasteiger partial charge in [-0.25, -0.2) is 0 Å². The van der Waals surface area contributed by atoms with Gasteiger partial charge in [-0.2, -0.15) is 0 Å². The Morgan fingerprint density at radius 2 is 1.82 bits per heavy atom. The number of carbonyl (C=O) groups excluding carboxylic acids is 1. The van der Waals surface area contributed by atoms with Crippen LogP contribution < -0.4 is 4.90 Å². The number of aryl methyl sites for hydroxylation is 1. The zero-order chi connectivity index (χ0) is 15.7. The molecule has 1 aliphatic heterocycles. The Bertz CT molecular complexity index is 784. The van der Waals surface area contributed by atoms with Crippen LogP contribution in [0.25, 0.3) is 6.08 Å². The number of anilines is 1. The number of para-hydroxylation sites is 1. The predicted octanol–water partition coefficient (Wildman–Crippen LogP) is 5.01. The van der Waals surface area contributed by atoms with Gasteiger partial charge in [0, 0.05) is 3.57 Å². The van der Waals surface area contributed by atoms with E-state index in [1.165, 1.54) is 15.3 Å². The van der Waals surface area contributed by atoms with Crippen molar-refractivity contribution in [3.8, 4) is 0 Å². The second-order valence-corrected chi connectivity index (χ2v) is 7.78. The maximum absolute atomic E-state index is 12.7. The zero-order valence-corrected chi connectivity index (χ0v) is 15.5. The standard InChI is InChI=1S/C17H12INOS2/c1-11-4-2-3-5-14(11)19-16(20)15(22-17(19)21)10-12-6-8-13(18)9-7-12/h2-10H,1H3/b15-10-. The summed E-state index contributed by atoms with van der Waals surface area (Å²) in [5.41, 5.74) is 2.90. The summed E-state index contributed by atoms with van der Waals surface area (Å²) in [5, 5.41) is 0. The fourth-order valence-electron chi connectivity index (χ4n) is 2.20. The second kappa shape index (κ2) is 6.52. The van der Waals surface area contributed by atoms with E-state index in [2.05, 4.69) is 22.6 Å². The van der Waals surface area contributed by atoms with Crippen molar-refractivity contribution in [2.45, 2.75) is 6.92 Å². The molecule has 0 atom stereocenters. The van der Waals surface area contributed by atoms with Crippen molar-refractivity contribution in [2.24, 2.45) is 0 Å². The van der Waals surface area contributed by atoms with Crippen LogP contribution in [0.4, 0.5) is 5.69 Å². The molecule has 1 aliphatic rings. The minimum Gasteiger partial charge on any atom is -0.268 e. The Morgan fingerprint density at radius 1 is 1.14 bits per heavy atom. The molecular formula is C17H12INOS2. The van der Waals surface area contributed by atoms with E-state index in [1.54, 1.807) is 4.90 Å². The first kappa shape index (κ1) is 15.7. The maximum atomic E-state index is 12.7. The van der Waals surface area contributed by atoms with E-state index in [0.29, 0.717) is 9.23 Å². The Kier molecular flexibility index (Phi) is 4.65. The highest BCUT2D eigenvalue weighted by atomic mass is 127. The van der Waals surface area contributed by atoms with Gasteiger partial charge in [-0.3, -0.25) is 9.69 Å². The number of nitrogens with zero attached hydrogens (tertiary/aromatic N) is 1. The molecule has 0 radical (unpaired) electrons. The quantitative estimate of drug-likeness (QED) is 0.375. The summed E-state index contributed by atoms with van der Waals surface area (Å²) < 4.78 is 1.75. The van der Waals surface area contributed by atoms with E-state index < -0.39 is 0 Å². The number of hydrogen-bond donors (Lipinski definition) is 0. The Balaban J connectivity index is 1.95. The first-order valence-corrected chi connectivity index (χ1v) is 8.96. The summed E-state index contributed by atoms with van der Waals surface area (Å²) in [4.78, 5) is 15.0. The molecule has 0 aliphatic carbocycles. The number of amides is 1. The van der Waals surface area contributed by atoms with Gasteiger partial charge >= 0.3 is 0 Å². The summed E-state index contributed by atoms with van der Waals surface area (Å²) >= 11 is 9.01. The Labute approximate surface area is 152 Å². The average molecular weight is 437 g/mol. The third-order valence-electron chi connectivity index (χ3n) is 3.32. The largest absolute Gasteiger partial charge is 0.270 e. The van der Waals surface area contributed by atoms with E-state index in [1.807, 2.05) is 61.5 Å². The monoisotopic (exact) mass is 437 g/mol. The molecule has 0 spiro atoms. The maximum Gasteiger partial charge on any atom is 0.270 e. The Hall–Kier alpha value is -1.18. The van der Waals surface area contributed by atoms with Gasteiger partial charge in [-0.1, -0.05) is 54.3 Å². The molecule has 5 heteroatoms. The lowest BCUT2D eigenvalue weighted by atomic mass is 10.1. The van der Waals surface area contributed by atoms with Crippen LogP contribution in [0.5, 0.6) is 0 Å². The molecule has 1 heterocycles. The molecule has 0 unspecified atom stereocenters. The highest BCUT2D eigenvalue weighted by molar-refractivity contribution is 14.1. The molecule has 2 aromatic rings. The van der Waals surface area contributed by atoms with Crippen molar-refractivity contribution in [3.05, 3.63) is 68.1 Å². The lowest BCUT2D eigenvalue weighted by Crippen LogP contribution is -2.28. The highest BCUT2D eigenvalue weighted by Gasteiger charge is 2.33. The smallest absolute Gasteiger partial charge is 0.268 e. The number of thioether (sulfide) groups is 1. The third kappa shape index (κ3) is 3.11. The van der Waals surface area contributed by atoms with Gasteiger partial charge in [0.2, 0.25) is 0 Å². The third-order valence-corrected chi connectivity index (χ3v) is 5.34. The van der Waals surface area contributed by atoms with Crippen LogP contribution in [0.15, 0.2) is 53.4 Å². The predicted molar refractivity (Wildman–Crippen MR) is 106 cm³/mol. The molecule has 2 nitrogen and oxygen atoms in total. The van der Waals surface area contributed by atoms with E-state index >= 15 is 0 Å². The fourth-order valence-corrected chi connectivity index (χ4v) is 3.84. The molecule has 22 heavy (non-hydrogen) atoms. The molecule has 0 bridgehead atoms. The summed E-state index contributed by atoms with van der Waals surface area (Å²) in [7, 11) is 0. The van der Waals surface area contributed by atoms with Gasteiger partial charge in [-0.15, -0.1) is 0 Å². The van der Waals surface area contributed by atoms with E-state index in [9.17, 15) is 4.79 Å². The number of thiocarbonyl (C=S) groups is 1. The van der Waals surface area contributed by atoms with Gasteiger partial charge in [0.05, 0.1) is 10.6 Å². The minimum atomic E-state index is -0.0529. The average Bonchev–Trinajstić information content (AvgIpc) is 2.77. The van der Waals surface area contributed by atoms with Crippen LogP contribution >= 0.6 is 46.6 Å². The minimum absolute atomic E-state index is 0.0529. The first-order chi connectivity index (χ1) is 10.6. The number of carbonyl (C=O) groups is 1. The summed E-state index contributed by atoms with van der Waals surface area (Å²) in [5.74, 6) is -0.0529. The zero-order valence-electron chi connectivity index (χ0n) is 11.7. The van der Waals surface area contributed by atoms with E-state index in [-0.39, 0.29) is 5.91 Å². The molecule has 110 valence electrons. The van der Waals surface area contributed by atoms with Crippen molar-refractivity contribution >= 4 is 68.6 Å². The van der Waals surface area contributed by atoms with Gasteiger partial charge in [0.15, 0.2) is 4.32 Å². The molecule has 1 amide bonds. The molecule has 0 saturated carbocycles. The first-order valence-electron chi connectivity index (χ1n) is 6.65. The summed E-state index contributed by atoms with van der Waals surface area (Å²) in [6, 6.07) is 15.8. The van der Waals surface area contributed by atoms with Gasteiger partial charge in [-0.05, 0) is 64.9 Å². The number of rotatable bonds is 2. The van der Waals surface area contributed by atoms with Gasteiger partial charge in [0.1, 0.15) is 0 Å². The van der Waals surface area contributed by atoms with Crippen LogP contribution in [0.3, 0.4) is 0 Å². The summed E-state index contributed by atoms with van der Waals surface area (Å²) in [6.45, 7) is 1.98. The lowest BCUT2D eigenvalue weighted by molar-refractivity contribution is -0.113. The second-order valence-electron chi connectivity index (χ2n) is 4.86. The van der Waals surface area contributed by atoms with Crippen molar-refractivity contribution in [1.29, 1.82) is 0 Å². The molecule has 0 N–H and O–H groups in total. The van der Waals surface area contributed by atoms with Crippen LogP contribution in [0.1, 0.15) is 11.1 Å². The van der Waals surface area contributed by atoms with Gasteiger partial charge < -0.3 is 0 Å². The van der Waals surface area contributed by atoms with Crippen LogP contribution in [0.2, 0.25) is 0 Å². The fraction of sp³-hybridized carbons (Fsp3) is 0.0588. The van der Waals surface area contributed by atoms with Crippen molar-refractivity contribution in [1.82, 2.24) is 0 Å². The molecular weight excluding hydrogens is 425 g/mol. The summed E-state index contributed by atoms with van der Waals surface area (Å²) in [6.07, 6.45) is 1.90. The topological polar surface area (TPSA) is 20.3 Å². The van der Waals surface area contributed by atoms with Crippen molar-refractivity contribution in [2.75, 3.05) is 4.90 Å². The lowest BCUT2D eigenvalue weighted by Gasteiger charge is -2.16. The molecule has 0 aromatic heterocycles. The normalized spacial score (nSPS) is 16.6. The van der Waals surface area contributed by atoms with Gasteiger partial charge in [0.25, 0.3) is 5.91 Å². The van der Waals surface area contributed by atoms with E-state index in [4.69, 9.17) is 12.2 Å². The van der Waals surface area contributed by atoms with Crippen LogP contribution in [-0.2, 0) is 4.79 Å². The van der Waals surface area contributed by atoms with E-state index in [0.717, 1.165) is 16.8 Å². The van der Waals surface area contributed by atoms with Crippen molar-refractivity contribution < 1.29 is 4.79 Å². The van der Waals surface area contributed by atoms with Crippen LogP contribution in [-0.4, -0.2) is 10.2 Å². The molecule has 1 saturated heterocycles. The number of benzene rings is 2. The Morgan fingerprint density at radius 3 is 2.50 bits per heavy atom. The molecule has 2 aromatic carbocycles.